The molecule has 1 heterocycles. The molecule has 0 aliphatic carbocycles. The Morgan fingerprint density at radius 1 is 1.50 bits per heavy atom. The summed E-state index contributed by atoms with van der Waals surface area (Å²) in [5.41, 5.74) is 12.5. The average Bonchev–Trinajstić information content (AvgIpc) is 2.79. The zero-order chi connectivity index (χ0) is 13.1. The summed E-state index contributed by atoms with van der Waals surface area (Å²) < 4.78 is 1.49. The quantitative estimate of drug-likeness (QED) is 0.726. The second-order valence-electron chi connectivity index (χ2n) is 3.66. The fourth-order valence-electron chi connectivity index (χ4n) is 1.49. The highest BCUT2D eigenvalue weighted by atomic mass is 16.1. The van der Waals surface area contributed by atoms with Gasteiger partial charge in [-0.15, -0.1) is 5.10 Å². The molecule has 0 aliphatic rings. The van der Waals surface area contributed by atoms with E-state index in [0.29, 0.717) is 17.8 Å². The summed E-state index contributed by atoms with van der Waals surface area (Å²) in [5.74, 6) is -0.428. The van der Waals surface area contributed by atoms with E-state index < -0.39 is 5.91 Å². The second kappa shape index (κ2) is 4.55. The van der Waals surface area contributed by atoms with Crippen LogP contribution in [0.3, 0.4) is 0 Å². The number of anilines is 1. The number of nitrogens with two attached hydrogens (primary N) is 2. The van der Waals surface area contributed by atoms with E-state index in [1.807, 2.05) is 6.07 Å². The Hall–Kier alpha value is -2.88. The molecule has 1 aromatic carbocycles. The van der Waals surface area contributed by atoms with Crippen molar-refractivity contribution in [3.63, 3.8) is 0 Å². The van der Waals surface area contributed by atoms with Crippen molar-refractivity contribution in [2.45, 2.75) is 6.54 Å². The van der Waals surface area contributed by atoms with Gasteiger partial charge in [0.2, 0.25) is 5.91 Å². The zero-order valence-electron chi connectivity index (χ0n) is 9.37. The molecular formula is C11H10N6O. The molecule has 18 heavy (non-hydrogen) atoms. The first-order chi connectivity index (χ1) is 8.60. The van der Waals surface area contributed by atoms with E-state index in [0.717, 1.165) is 5.56 Å². The Kier molecular flexibility index (Phi) is 2.93. The standard InChI is InChI=1S/C11H10N6O/c12-4-10-15-6-17(16-10)5-8-2-1-7(11(14)18)3-9(8)13/h1-3,6H,5,13H2,(H2,14,18). The van der Waals surface area contributed by atoms with Crippen molar-refractivity contribution in [3.05, 3.63) is 41.5 Å². The number of hydrogen-bond donors (Lipinski definition) is 2. The van der Waals surface area contributed by atoms with E-state index in [4.69, 9.17) is 16.7 Å². The van der Waals surface area contributed by atoms with Crippen LogP contribution in [0, 0.1) is 11.3 Å². The number of nitriles is 1. The predicted molar refractivity (Wildman–Crippen MR) is 63.2 cm³/mol. The third-order valence-electron chi connectivity index (χ3n) is 2.40. The van der Waals surface area contributed by atoms with Gasteiger partial charge < -0.3 is 11.5 Å². The molecular weight excluding hydrogens is 232 g/mol. The van der Waals surface area contributed by atoms with Crippen molar-refractivity contribution in [2.24, 2.45) is 5.73 Å². The molecule has 1 aromatic heterocycles. The minimum atomic E-state index is -0.527. The average molecular weight is 242 g/mol. The lowest BCUT2D eigenvalue weighted by atomic mass is 10.1. The molecule has 0 fully saturated rings. The molecule has 0 spiro atoms. The van der Waals surface area contributed by atoms with Crippen molar-refractivity contribution in [3.8, 4) is 6.07 Å². The predicted octanol–water partition coefficient (Wildman–Crippen LogP) is -0.121. The molecule has 7 nitrogen and oxygen atoms in total. The van der Waals surface area contributed by atoms with E-state index in [1.54, 1.807) is 12.1 Å². The second-order valence-corrected chi connectivity index (χ2v) is 3.66. The van der Waals surface area contributed by atoms with E-state index in [9.17, 15) is 4.79 Å². The number of hydrogen-bond acceptors (Lipinski definition) is 5. The molecule has 1 amide bonds. The van der Waals surface area contributed by atoms with Gasteiger partial charge in [-0.3, -0.25) is 4.79 Å². The molecule has 0 radical (unpaired) electrons. The third-order valence-corrected chi connectivity index (χ3v) is 2.40. The van der Waals surface area contributed by atoms with Crippen LogP contribution in [0.15, 0.2) is 24.5 Å². The summed E-state index contributed by atoms with van der Waals surface area (Å²) >= 11 is 0. The molecule has 0 saturated carbocycles. The number of carbonyl (C=O) groups excluding carboxylic acids is 1. The van der Waals surface area contributed by atoms with Gasteiger partial charge in [0.15, 0.2) is 0 Å². The molecule has 0 bridgehead atoms. The summed E-state index contributed by atoms with van der Waals surface area (Å²) in [4.78, 5) is 14.8. The number of carbonyl (C=O) groups is 1. The largest absolute Gasteiger partial charge is 0.398 e. The summed E-state index contributed by atoms with van der Waals surface area (Å²) in [6.45, 7) is 0.375. The maximum atomic E-state index is 11.0. The SMILES string of the molecule is N#Cc1ncn(Cc2ccc(C(N)=O)cc2N)n1. The smallest absolute Gasteiger partial charge is 0.252 e. The molecule has 4 N–H and O–H groups in total. The molecule has 0 aliphatic heterocycles. The number of benzene rings is 1. The van der Waals surface area contributed by atoms with Crippen LogP contribution in [0.5, 0.6) is 0 Å². The van der Waals surface area contributed by atoms with Crippen LogP contribution < -0.4 is 11.5 Å². The van der Waals surface area contributed by atoms with Gasteiger partial charge in [0, 0.05) is 11.3 Å². The topological polar surface area (TPSA) is 124 Å². The molecule has 2 rings (SSSR count). The van der Waals surface area contributed by atoms with Crippen molar-refractivity contribution in [1.29, 1.82) is 5.26 Å². The summed E-state index contributed by atoms with van der Waals surface area (Å²) in [6, 6.07) is 6.64. The first-order valence-electron chi connectivity index (χ1n) is 5.08. The van der Waals surface area contributed by atoms with Crippen LogP contribution in [0.4, 0.5) is 5.69 Å². The van der Waals surface area contributed by atoms with Gasteiger partial charge in [-0.2, -0.15) is 5.26 Å². The monoisotopic (exact) mass is 242 g/mol. The zero-order valence-corrected chi connectivity index (χ0v) is 9.37. The van der Waals surface area contributed by atoms with Gasteiger partial charge >= 0.3 is 0 Å². The Bertz CT molecular complexity index is 639. The van der Waals surface area contributed by atoms with E-state index in [2.05, 4.69) is 10.1 Å². The van der Waals surface area contributed by atoms with Crippen LogP contribution in [-0.4, -0.2) is 20.7 Å². The van der Waals surface area contributed by atoms with Crippen molar-refractivity contribution in [1.82, 2.24) is 14.8 Å². The number of nitrogen functional groups attached to an aromatic ring is 1. The molecule has 0 unspecified atom stereocenters. The maximum absolute atomic E-state index is 11.0. The summed E-state index contributed by atoms with van der Waals surface area (Å²) in [5, 5.41) is 12.5. The van der Waals surface area contributed by atoms with Crippen LogP contribution in [0.1, 0.15) is 21.7 Å². The lowest BCUT2D eigenvalue weighted by Gasteiger charge is -2.06. The number of amides is 1. The van der Waals surface area contributed by atoms with Crippen LogP contribution in [0.2, 0.25) is 0 Å². The summed E-state index contributed by atoms with van der Waals surface area (Å²) in [6.07, 6.45) is 1.44. The number of primary amides is 1. The fraction of sp³-hybridized carbons (Fsp3) is 0.0909. The minimum Gasteiger partial charge on any atom is -0.398 e. The first kappa shape index (κ1) is 11.6. The Balaban J connectivity index is 2.24. The van der Waals surface area contributed by atoms with Crippen molar-refractivity contribution in [2.75, 3.05) is 5.73 Å². The Labute approximate surface area is 103 Å². The molecule has 0 atom stereocenters. The number of nitrogens with zero attached hydrogens (tertiary/aromatic N) is 4. The molecule has 7 heteroatoms. The van der Waals surface area contributed by atoms with Crippen LogP contribution in [-0.2, 0) is 6.54 Å². The highest BCUT2D eigenvalue weighted by molar-refractivity contribution is 5.93. The Morgan fingerprint density at radius 3 is 2.83 bits per heavy atom. The lowest BCUT2D eigenvalue weighted by molar-refractivity contribution is 0.100. The third kappa shape index (κ3) is 2.27. The highest BCUT2D eigenvalue weighted by Gasteiger charge is 2.06. The van der Waals surface area contributed by atoms with Gasteiger partial charge in [0.25, 0.3) is 5.82 Å². The Morgan fingerprint density at radius 2 is 2.28 bits per heavy atom. The van der Waals surface area contributed by atoms with Crippen molar-refractivity contribution < 1.29 is 4.79 Å². The number of aromatic nitrogens is 3. The van der Waals surface area contributed by atoms with Gasteiger partial charge in [-0.25, -0.2) is 9.67 Å². The maximum Gasteiger partial charge on any atom is 0.252 e. The van der Waals surface area contributed by atoms with Crippen molar-refractivity contribution >= 4 is 11.6 Å². The normalized spacial score (nSPS) is 9.94. The first-order valence-corrected chi connectivity index (χ1v) is 5.08. The van der Waals surface area contributed by atoms with Gasteiger partial charge in [-0.1, -0.05) is 6.07 Å². The van der Waals surface area contributed by atoms with E-state index >= 15 is 0 Å². The molecule has 0 saturated heterocycles. The van der Waals surface area contributed by atoms with Gasteiger partial charge in [-0.05, 0) is 17.7 Å². The molecule has 90 valence electrons. The fourth-order valence-corrected chi connectivity index (χ4v) is 1.49. The van der Waals surface area contributed by atoms with Gasteiger partial charge in [0.1, 0.15) is 12.4 Å². The van der Waals surface area contributed by atoms with Crippen LogP contribution in [0.25, 0.3) is 0 Å². The summed E-state index contributed by atoms with van der Waals surface area (Å²) in [7, 11) is 0. The van der Waals surface area contributed by atoms with E-state index in [1.165, 1.54) is 17.1 Å². The minimum absolute atomic E-state index is 0.0994. The lowest BCUT2D eigenvalue weighted by Crippen LogP contribution is -2.12. The highest BCUT2D eigenvalue weighted by Crippen LogP contribution is 2.15. The van der Waals surface area contributed by atoms with E-state index in [-0.39, 0.29) is 5.82 Å². The van der Waals surface area contributed by atoms with Crippen LogP contribution >= 0.6 is 0 Å². The number of rotatable bonds is 3. The molecule has 2 aromatic rings. The van der Waals surface area contributed by atoms with Gasteiger partial charge in [0.05, 0.1) is 6.54 Å².